The number of nitrogens with one attached hydrogen (secondary N) is 1. The monoisotopic (exact) mass is 243 g/mol. The quantitative estimate of drug-likeness (QED) is 0.845. The number of aromatic nitrogens is 2. The van der Waals surface area contributed by atoms with Gasteiger partial charge in [-0.25, -0.2) is 4.98 Å². The van der Waals surface area contributed by atoms with Crippen molar-refractivity contribution in [2.24, 2.45) is 5.73 Å². The summed E-state index contributed by atoms with van der Waals surface area (Å²) in [5.41, 5.74) is 9.49. The van der Waals surface area contributed by atoms with E-state index >= 15 is 0 Å². The molecule has 0 bridgehead atoms. The van der Waals surface area contributed by atoms with Crippen LogP contribution in [-0.2, 0) is 6.42 Å². The van der Waals surface area contributed by atoms with Gasteiger partial charge in [0, 0.05) is 11.3 Å². The van der Waals surface area contributed by atoms with E-state index < -0.39 is 0 Å². The number of hydrogen-bond donors (Lipinski definition) is 2. The van der Waals surface area contributed by atoms with E-state index in [2.05, 4.69) is 35.9 Å². The Morgan fingerprint density at radius 3 is 2.56 bits per heavy atom. The standard InChI is InChI=1S/C15H21N3/c1-3-8-12(16)15-17-13(4-2)14(18-15)11-9-6-5-7-10-11/h5-7,9-10,12H,3-4,8,16H2,1-2H3,(H,17,18). The number of benzene rings is 1. The van der Waals surface area contributed by atoms with Crippen LogP contribution in [0.4, 0.5) is 0 Å². The number of aryl methyl sites for hydroxylation is 1. The molecule has 2 rings (SSSR count). The van der Waals surface area contributed by atoms with E-state index in [-0.39, 0.29) is 6.04 Å². The van der Waals surface area contributed by atoms with Crippen molar-refractivity contribution in [2.75, 3.05) is 0 Å². The van der Waals surface area contributed by atoms with Crippen LogP contribution >= 0.6 is 0 Å². The molecule has 96 valence electrons. The maximum Gasteiger partial charge on any atom is 0.123 e. The topological polar surface area (TPSA) is 54.7 Å². The molecular weight excluding hydrogens is 222 g/mol. The van der Waals surface area contributed by atoms with E-state index in [0.717, 1.165) is 36.3 Å². The van der Waals surface area contributed by atoms with Crippen LogP contribution in [0.25, 0.3) is 11.3 Å². The lowest BCUT2D eigenvalue weighted by Gasteiger charge is -2.05. The zero-order valence-electron chi connectivity index (χ0n) is 11.1. The van der Waals surface area contributed by atoms with Crippen molar-refractivity contribution in [1.29, 1.82) is 0 Å². The molecule has 0 radical (unpaired) electrons. The van der Waals surface area contributed by atoms with Gasteiger partial charge in [0.1, 0.15) is 5.82 Å². The van der Waals surface area contributed by atoms with Crippen LogP contribution in [0.5, 0.6) is 0 Å². The SMILES string of the molecule is CCCC(N)c1nc(-c2ccccc2)c(CC)[nH]1. The first-order chi connectivity index (χ1) is 8.76. The second kappa shape index (κ2) is 5.83. The van der Waals surface area contributed by atoms with Crippen molar-refractivity contribution in [3.8, 4) is 11.3 Å². The fourth-order valence-electron chi connectivity index (χ4n) is 2.14. The summed E-state index contributed by atoms with van der Waals surface area (Å²) in [5.74, 6) is 0.910. The second-order valence-corrected chi connectivity index (χ2v) is 4.56. The first kappa shape index (κ1) is 12.8. The number of rotatable bonds is 5. The molecule has 3 heteroatoms. The summed E-state index contributed by atoms with van der Waals surface area (Å²) in [5, 5.41) is 0. The number of hydrogen-bond acceptors (Lipinski definition) is 2. The molecule has 0 saturated heterocycles. The van der Waals surface area contributed by atoms with E-state index in [0.29, 0.717) is 0 Å². The van der Waals surface area contributed by atoms with Crippen molar-refractivity contribution >= 4 is 0 Å². The minimum absolute atomic E-state index is 0.0118. The highest BCUT2D eigenvalue weighted by Gasteiger charge is 2.14. The van der Waals surface area contributed by atoms with Gasteiger partial charge in [-0.1, -0.05) is 50.6 Å². The Kier molecular flexibility index (Phi) is 4.15. The predicted molar refractivity (Wildman–Crippen MR) is 75.2 cm³/mol. The van der Waals surface area contributed by atoms with Gasteiger partial charge >= 0.3 is 0 Å². The summed E-state index contributed by atoms with van der Waals surface area (Å²) in [7, 11) is 0. The number of nitrogens with zero attached hydrogens (tertiary/aromatic N) is 1. The van der Waals surface area contributed by atoms with E-state index in [1.54, 1.807) is 0 Å². The highest BCUT2D eigenvalue weighted by Crippen LogP contribution is 2.24. The van der Waals surface area contributed by atoms with Crippen LogP contribution in [0.15, 0.2) is 30.3 Å². The van der Waals surface area contributed by atoms with Gasteiger partial charge in [-0.05, 0) is 12.8 Å². The van der Waals surface area contributed by atoms with Gasteiger partial charge in [0.15, 0.2) is 0 Å². The Morgan fingerprint density at radius 1 is 1.22 bits per heavy atom. The van der Waals surface area contributed by atoms with Gasteiger partial charge in [-0.2, -0.15) is 0 Å². The Morgan fingerprint density at radius 2 is 1.94 bits per heavy atom. The maximum absolute atomic E-state index is 6.13. The van der Waals surface area contributed by atoms with Gasteiger partial charge in [-0.3, -0.25) is 0 Å². The molecule has 0 fully saturated rings. The van der Waals surface area contributed by atoms with Crippen molar-refractivity contribution in [2.45, 2.75) is 39.2 Å². The minimum Gasteiger partial charge on any atom is -0.344 e. The third-order valence-corrected chi connectivity index (χ3v) is 3.15. The molecular formula is C15H21N3. The van der Waals surface area contributed by atoms with Crippen molar-refractivity contribution in [1.82, 2.24) is 9.97 Å². The molecule has 1 aromatic heterocycles. The number of nitrogens with two attached hydrogens (primary N) is 1. The fourth-order valence-corrected chi connectivity index (χ4v) is 2.14. The normalized spacial score (nSPS) is 12.6. The van der Waals surface area contributed by atoms with Crippen LogP contribution < -0.4 is 5.73 Å². The summed E-state index contributed by atoms with van der Waals surface area (Å²) in [6.07, 6.45) is 2.98. The van der Waals surface area contributed by atoms with E-state index in [1.165, 1.54) is 5.69 Å². The largest absolute Gasteiger partial charge is 0.344 e. The Balaban J connectivity index is 2.36. The molecule has 1 unspecified atom stereocenters. The number of H-pyrrole nitrogens is 1. The molecule has 1 aromatic carbocycles. The lowest BCUT2D eigenvalue weighted by atomic mass is 10.1. The van der Waals surface area contributed by atoms with Crippen LogP contribution in [0.3, 0.4) is 0 Å². The molecule has 18 heavy (non-hydrogen) atoms. The zero-order valence-corrected chi connectivity index (χ0v) is 11.1. The Bertz CT molecular complexity index is 488. The number of aromatic amines is 1. The summed E-state index contributed by atoms with van der Waals surface area (Å²) < 4.78 is 0. The van der Waals surface area contributed by atoms with Crippen molar-refractivity contribution in [3.05, 3.63) is 41.9 Å². The first-order valence-corrected chi connectivity index (χ1v) is 6.66. The highest BCUT2D eigenvalue weighted by atomic mass is 15.0. The molecule has 1 atom stereocenters. The summed E-state index contributed by atoms with van der Waals surface area (Å²) in [4.78, 5) is 8.07. The smallest absolute Gasteiger partial charge is 0.123 e. The Hall–Kier alpha value is -1.61. The summed E-state index contributed by atoms with van der Waals surface area (Å²) in [6.45, 7) is 4.27. The average molecular weight is 243 g/mol. The molecule has 3 N–H and O–H groups in total. The van der Waals surface area contributed by atoms with E-state index in [9.17, 15) is 0 Å². The van der Waals surface area contributed by atoms with E-state index in [4.69, 9.17) is 5.73 Å². The lowest BCUT2D eigenvalue weighted by molar-refractivity contribution is 0.607. The van der Waals surface area contributed by atoms with Gasteiger partial charge in [0.2, 0.25) is 0 Å². The first-order valence-electron chi connectivity index (χ1n) is 6.66. The highest BCUT2D eigenvalue weighted by molar-refractivity contribution is 5.62. The van der Waals surface area contributed by atoms with Gasteiger partial charge in [-0.15, -0.1) is 0 Å². The lowest BCUT2D eigenvalue weighted by Crippen LogP contribution is -2.11. The van der Waals surface area contributed by atoms with Crippen molar-refractivity contribution < 1.29 is 0 Å². The molecule has 0 saturated carbocycles. The average Bonchev–Trinajstić information content (AvgIpc) is 2.84. The molecule has 1 heterocycles. The fraction of sp³-hybridized carbons (Fsp3) is 0.400. The van der Waals surface area contributed by atoms with Gasteiger partial charge in [0.05, 0.1) is 11.7 Å². The maximum atomic E-state index is 6.13. The number of imidazole rings is 1. The summed E-state index contributed by atoms with van der Waals surface area (Å²) in [6, 6.07) is 10.3. The van der Waals surface area contributed by atoms with Gasteiger partial charge < -0.3 is 10.7 Å². The molecule has 0 aliphatic heterocycles. The molecule has 0 aliphatic rings. The van der Waals surface area contributed by atoms with Crippen LogP contribution in [-0.4, -0.2) is 9.97 Å². The van der Waals surface area contributed by atoms with Crippen molar-refractivity contribution in [3.63, 3.8) is 0 Å². The zero-order chi connectivity index (χ0) is 13.0. The minimum atomic E-state index is 0.0118. The van der Waals surface area contributed by atoms with Crippen LogP contribution in [0.2, 0.25) is 0 Å². The molecule has 0 spiro atoms. The summed E-state index contributed by atoms with van der Waals surface area (Å²) >= 11 is 0. The molecule has 2 aromatic rings. The molecule has 0 aliphatic carbocycles. The molecule has 3 nitrogen and oxygen atoms in total. The third-order valence-electron chi connectivity index (χ3n) is 3.15. The molecule has 0 amide bonds. The second-order valence-electron chi connectivity index (χ2n) is 4.56. The van der Waals surface area contributed by atoms with Crippen LogP contribution in [0, 0.1) is 0 Å². The van der Waals surface area contributed by atoms with Gasteiger partial charge in [0.25, 0.3) is 0 Å². The predicted octanol–water partition coefficient (Wildman–Crippen LogP) is 3.44. The van der Waals surface area contributed by atoms with Crippen LogP contribution in [0.1, 0.15) is 44.2 Å². The van der Waals surface area contributed by atoms with E-state index in [1.807, 2.05) is 18.2 Å². The Labute approximate surface area is 108 Å². The third kappa shape index (κ3) is 2.62.